The van der Waals surface area contributed by atoms with E-state index in [-0.39, 0.29) is 12.3 Å². The molecule has 0 radical (unpaired) electrons. The van der Waals surface area contributed by atoms with Gasteiger partial charge in [0.25, 0.3) is 0 Å². The molecule has 3 nitrogen and oxygen atoms in total. The van der Waals surface area contributed by atoms with E-state index in [2.05, 4.69) is 32.7 Å². The number of thiophene rings is 1. The van der Waals surface area contributed by atoms with E-state index in [0.717, 1.165) is 24.0 Å². The minimum absolute atomic E-state index is 0.188. The Kier molecular flexibility index (Phi) is 6.01. The summed E-state index contributed by atoms with van der Waals surface area (Å²) in [7, 11) is 0. The molecule has 1 rings (SSSR count). The first kappa shape index (κ1) is 13.7. The summed E-state index contributed by atoms with van der Waals surface area (Å²) in [4.78, 5) is 11.8. The van der Waals surface area contributed by atoms with Gasteiger partial charge in [-0.2, -0.15) is 0 Å². The van der Waals surface area contributed by atoms with Crippen LogP contribution in [0.15, 0.2) is 15.9 Å². The minimum atomic E-state index is -0.725. The quantitative estimate of drug-likeness (QED) is 0.762. The SMILES string of the molecule is CC(CNCCc1cc(Br)cs1)CC(=O)O. The van der Waals surface area contributed by atoms with Crippen molar-refractivity contribution in [1.29, 1.82) is 0 Å². The summed E-state index contributed by atoms with van der Waals surface area (Å²) in [6.45, 7) is 3.61. The third kappa shape index (κ3) is 5.63. The molecule has 1 unspecified atom stereocenters. The fourth-order valence-electron chi connectivity index (χ4n) is 1.42. The zero-order valence-electron chi connectivity index (χ0n) is 9.20. The molecule has 0 aliphatic heterocycles. The molecule has 0 bridgehead atoms. The van der Waals surface area contributed by atoms with Gasteiger partial charge < -0.3 is 10.4 Å². The fourth-order valence-corrected chi connectivity index (χ4v) is 2.87. The van der Waals surface area contributed by atoms with Crippen LogP contribution < -0.4 is 5.32 Å². The van der Waals surface area contributed by atoms with Gasteiger partial charge in [0.2, 0.25) is 0 Å². The summed E-state index contributed by atoms with van der Waals surface area (Å²) < 4.78 is 1.13. The molecule has 5 heteroatoms. The van der Waals surface area contributed by atoms with Crippen LogP contribution in [0, 0.1) is 5.92 Å². The van der Waals surface area contributed by atoms with Crippen molar-refractivity contribution in [2.24, 2.45) is 5.92 Å². The second kappa shape index (κ2) is 7.04. The van der Waals surface area contributed by atoms with E-state index < -0.39 is 5.97 Å². The second-order valence-electron chi connectivity index (χ2n) is 3.89. The van der Waals surface area contributed by atoms with Gasteiger partial charge in [0.15, 0.2) is 0 Å². The molecule has 0 aliphatic carbocycles. The molecule has 16 heavy (non-hydrogen) atoms. The van der Waals surface area contributed by atoms with Gasteiger partial charge in [0.1, 0.15) is 0 Å². The lowest BCUT2D eigenvalue weighted by atomic mass is 10.1. The third-order valence-corrected chi connectivity index (χ3v) is 3.94. The first-order valence-corrected chi connectivity index (χ1v) is 6.90. The first-order valence-electron chi connectivity index (χ1n) is 5.23. The van der Waals surface area contributed by atoms with Crippen molar-refractivity contribution >= 4 is 33.2 Å². The average Bonchev–Trinajstić information content (AvgIpc) is 2.58. The number of rotatable bonds is 7. The van der Waals surface area contributed by atoms with Crippen molar-refractivity contribution in [3.05, 3.63) is 20.8 Å². The van der Waals surface area contributed by atoms with Gasteiger partial charge in [-0.05, 0) is 47.4 Å². The lowest BCUT2D eigenvalue weighted by Crippen LogP contribution is -2.24. The molecule has 0 aromatic carbocycles. The zero-order valence-corrected chi connectivity index (χ0v) is 11.6. The Bertz CT molecular complexity index is 340. The molecule has 1 atom stereocenters. The van der Waals surface area contributed by atoms with E-state index in [4.69, 9.17) is 5.11 Å². The van der Waals surface area contributed by atoms with Gasteiger partial charge in [0.05, 0.1) is 0 Å². The molecule has 0 saturated carbocycles. The summed E-state index contributed by atoms with van der Waals surface area (Å²) in [6.07, 6.45) is 1.23. The molecule has 1 aromatic heterocycles. The molecular weight excluding hydrogens is 290 g/mol. The first-order chi connectivity index (χ1) is 7.58. The van der Waals surface area contributed by atoms with Crippen molar-refractivity contribution in [3.63, 3.8) is 0 Å². The van der Waals surface area contributed by atoms with Crippen LogP contribution >= 0.6 is 27.3 Å². The number of carboxylic acids is 1. The van der Waals surface area contributed by atoms with E-state index in [1.54, 1.807) is 11.3 Å². The van der Waals surface area contributed by atoms with Crippen LogP contribution in [0.2, 0.25) is 0 Å². The molecule has 1 heterocycles. The number of halogens is 1. The van der Waals surface area contributed by atoms with Crippen LogP contribution in [-0.4, -0.2) is 24.2 Å². The number of aliphatic carboxylic acids is 1. The molecule has 0 saturated heterocycles. The summed E-state index contributed by atoms with van der Waals surface area (Å²) in [5.74, 6) is -0.538. The Morgan fingerprint density at radius 3 is 3.00 bits per heavy atom. The number of nitrogens with one attached hydrogen (secondary N) is 1. The molecular formula is C11H16BrNO2S. The number of carbonyl (C=O) groups is 1. The van der Waals surface area contributed by atoms with Gasteiger partial charge in [-0.25, -0.2) is 0 Å². The Labute approximate surface area is 108 Å². The Morgan fingerprint density at radius 1 is 1.69 bits per heavy atom. The average molecular weight is 306 g/mol. The molecule has 0 fully saturated rings. The fraction of sp³-hybridized carbons (Fsp3) is 0.545. The normalized spacial score (nSPS) is 12.6. The highest BCUT2D eigenvalue weighted by Gasteiger charge is 2.06. The van der Waals surface area contributed by atoms with Crippen LogP contribution in [0.25, 0.3) is 0 Å². The maximum absolute atomic E-state index is 10.4. The Morgan fingerprint density at radius 2 is 2.44 bits per heavy atom. The van der Waals surface area contributed by atoms with Crippen molar-refractivity contribution in [2.45, 2.75) is 19.8 Å². The maximum Gasteiger partial charge on any atom is 0.303 e. The number of hydrogen-bond acceptors (Lipinski definition) is 3. The summed E-state index contributed by atoms with van der Waals surface area (Å²) in [6, 6.07) is 2.12. The Hall–Kier alpha value is -0.390. The van der Waals surface area contributed by atoms with Crippen molar-refractivity contribution < 1.29 is 9.90 Å². The van der Waals surface area contributed by atoms with Gasteiger partial charge in [0, 0.05) is 21.2 Å². The maximum atomic E-state index is 10.4. The van der Waals surface area contributed by atoms with E-state index in [9.17, 15) is 4.79 Å². The molecule has 2 N–H and O–H groups in total. The van der Waals surface area contributed by atoms with E-state index in [0.29, 0.717) is 0 Å². The van der Waals surface area contributed by atoms with Gasteiger partial charge in [-0.1, -0.05) is 6.92 Å². The third-order valence-electron chi connectivity index (χ3n) is 2.19. The number of hydrogen-bond donors (Lipinski definition) is 2. The monoisotopic (exact) mass is 305 g/mol. The highest BCUT2D eigenvalue weighted by molar-refractivity contribution is 9.10. The Balaban J connectivity index is 2.10. The van der Waals surface area contributed by atoms with Crippen molar-refractivity contribution in [3.8, 4) is 0 Å². The van der Waals surface area contributed by atoms with E-state index in [1.165, 1.54) is 4.88 Å². The molecule has 0 amide bonds. The largest absolute Gasteiger partial charge is 0.481 e. The molecule has 0 spiro atoms. The second-order valence-corrected chi connectivity index (χ2v) is 5.80. The van der Waals surface area contributed by atoms with E-state index >= 15 is 0 Å². The van der Waals surface area contributed by atoms with Crippen LogP contribution in [0.5, 0.6) is 0 Å². The van der Waals surface area contributed by atoms with Crippen LogP contribution in [-0.2, 0) is 11.2 Å². The molecule has 90 valence electrons. The van der Waals surface area contributed by atoms with Crippen LogP contribution in [0.3, 0.4) is 0 Å². The van der Waals surface area contributed by atoms with Crippen molar-refractivity contribution in [1.82, 2.24) is 5.32 Å². The lowest BCUT2D eigenvalue weighted by Gasteiger charge is -2.09. The minimum Gasteiger partial charge on any atom is -0.481 e. The van der Waals surface area contributed by atoms with Crippen LogP contribution in [0.4, 0.5) is 0 Å². The summed E-state index contributed by atoms with van der Waals surface area (Å²) in [5.41, 5.74) is 0. The van der Waals surface area contributed by atoms with E-state index in [1.807, 2.05) is 6.92 Å². The van der Waals surface area contributed by atoms with Crippen LogP contribution in [0.1, 0.15) is 18.2 Å². The highest BCUT2D eigenvalue weighted by Crippen LogP contribution is 2.19. The lowest BCUT2D eigenvalue weighted by molar-refractivity contribution is -0.137. The van der Waals surface area contributed by atoms with Gasteiger partial charge in [-0.3, -0.25) is 4.79 Å². The predicted octanol–water partition coefficient (Wildman–Crippen LogP) is 2.75. The van der Waals surface area contributed by atoms with Gasteiger partial charge >= 0.3 is 5.97 Å². The van der Waals surface area contributed by atoms with Gasteiger partial charge in [-0.15, -0.1) is 11.3 Å². The number of carboxylic acid groups (broad SMARTS) is 1. The highest BCUT2D eigenvalue weighted by atomic mass is 79.9. The molecule has 1 aromatic rings. The topological polar surface area (TPSA) is 49.3 Å². The molecule has 0 aliphatic rings. The summed E-state index contributed by atoms with van der Waals surface area (Å²) in [5, 5.41) is 13.9. The summed E-state index contributed by atoms with van der Waals surface area (Å²) >= 11 is 5.15. The predicted molar refractivity (Wildman–Crippen MR) is 70.0 cm³/mol. The zero-order chi connectivity index (χ0) is 12.0. The smallest absolute Gasteiger partial charge is 0.303 e. The van der Waals surface area contributed by atoms with Crippen molar-refractivity contribution in [2.75, 3.05) is 13.1 Å². The standard InChI is InChI=1S/C11H16BrNO2S/c1-8(4-11(14)15)6-13-3-2-10-5-9(12)7-16-10/h5,7-8,13H,2-4,6H2,1H3,(H,14,15).